The molecular weight excluding hydrogens is 434 g/mol. The molecule has 6 rings (SSSR count). The van der Waals surface area contributed by atoms with Crippen LogP contribution in [0.5, 0.6) is 0 Å². The normalized spacial score (nSPS) is 11.9. The van der Waals surface area contributed by atoms with Crippen molar-refractivity contribution in [3.63, 3.8) is 0 Å². The van der Waals surface area contributed by atoms with Crippen LogP contribution in [0.4, 0.5) is 17.1 Å². The van der Waals surface area contributed by atoms with E-state index in [0.717, 1.165) is 28.1 Å². The molecule has 0 unspecified atom stereocenters. The van der Waals surface area contributed by atoms with E-state index >= 15 is 0 Å². The highest BCUT2D eigenvalue weighted by atomic mass is 32.2. The van der Waals surface area contributed by atoms with Crippen LogP contribution in [0, 0.1) is 11.3 Å². The van der Waals surface area contributed by atoms with E-state index in [2.05, 4.69) is 101 Å². The van der Waals surface area contributed by atoms with Gasteiger partial charge in [-0.15, -0.1) is 0 Å². The van der Waals surface area contributed by atoms with Gasteiger partial charge in [0, 0.05) is 27.2 Å². The third-order valence-electron chi connectivity index (χ3n) is 5.92. The fourth-order valence-electron chi connectivity index (χ4n) is 4.32. The summed E-state index contributed by atoms with van der Waals surface area (Å²) >= 11 is 1.81. The van der Waals surface area contributed by atoms with Crippen molar-refractivity contribution in [3.05, 3.63) is 121 Å². The lowest BCUT2D eigenvalue weighted by Crippen LogP contribution is -2.14. The van der Waals surface area contributed by atoms with Gasteiger partial charge in [0.15, 0.2) is 0 Å². The molecule has 0 bridgehead atoms. The van der Waals surface area contributed by atoms with Crippen molar-refractivity contribution < 1.29 is 0 Å². The number of anilines is 3. The molecule has 2 heterocycles. The van der Waals surface area contributed by atoms with Crippen LogP contribution in [-0.2, 0) is 0 Å². The molecular formula is C30H19N3S. The standard InChI is InChI=1S/C30H19N3S/c31-20-21-15-16-32-26(17-21)24-9-5-7-22(18-24)23-8-6-10-25(19-23)33-27-11-1-3-13-29(27)34-30-14-4-2-12-28(30)33/h1-19H. The highest BCUT2D eigenvalue weighted by molar-refractivity contribution is 7.99. The molecule has 1 aromatic heterocycles. The third-order valence-corrected chi connectivity index (χ3v) is 7.05. The number of aromatic nitrogens is 1. The van der Waals surface area contributed by atoms with Gasteiger partial charge in [-0.1, -0.05) is 66.4 Å². The van der Waals surface area contributed by atoms with Gasteiger partial charge in [0.2, 0.25) is 0 Å². The van der Waals surface area contributed by atoms with Gasteiger partial charge < -0.3 is 4.90 Å². The molecule has 0 saturated carbocycles. The van der Waals surface area contributed by atoms with Crippen LogP contribution in [0.15, 0.2) is 125 Å². The monoisotopic (exact) mass is 453 g/mol. The molecule has 0 spiro atoms. The van der Waals surface area contributed by atoms with Gasteiger partial charge >= 0.3 is 0 Å². The SMILES string of the molecule is N#Cc1ccnc(-c2cccc(-c3cccc(N4c5ccccc5Sc5ccccc54)c3)c2)c1. The van der Waals surface area contributed by atoms with Crippen LogP contribution < -0.4 is 4.90 Å². The minimum atomic E-state index is 0.609. The smallest absolute Gasteiger partial charge is 0.0992 e. The Kier molecular flexibility index (Phi) is 5.10. The quantitative estimate of drug-likeness (QED) is 0.271. The van der Waals surface area contributed by atoms with Crippen molar-refractivity contribution in [2.75, 3.05) is 4.90 Å². The van der Waals surface area contributed by atoms with Gasteiger partial charge in [0.05, 0.1) is 28.7 Å². The Bertz CT molecular complexity index is 1520. The predicted molar refractivity (Wildman–Crippen MR) is 139 cm³/mol. The number of nitriles is 1. The maximum absolute atomic E-state index is 9.25. The maximum atomic E-state index is 9.25. The molecule has 0 fully saturated rings. The molecule has 0 radical (unpaired) electrons. The summed E-state index contributed by atoms with van der Waals surface area (Å²) in [5, 5.41) is 9.25. The van der Waals surface area contributed by atoms with Gasteiger partial charge in [-0.25, -0.2) is 0 Å². The Hall–Kier alpha value is -4.33. The summed E-state index contributed by atoms with van der Waals surface area (Å²) in [5.41, 5.74) is 8.13. The largest absolute Gasteiger partial charge is 0.308 e. The van der Waals surface area contributed by atoms with Crippen LogP contribution in [0.25, 0.3) is 22.4 Å². The number of hydrogen-bond donors (Lipinski definition) is 0. The molecule has 1 aliphatic rings. The van der Waals surface area contributed by atoms with Crippen LogP contribution in [0.3, 0.4) is 0 Å². The molecule has 0 aliphatic carbocycles. The van der Waals surface area contributed by atoms with Crippen molar-refractivity contribution in [1.82, 2.24) is 4.98 Å². The van der Waals surface area contributed by atoms with Gasteiger partial charge in [-0.2, -0.15) is 5.26 Å². The molecule has 4 aromatic carbocycles. The van der Waals surface area contributed by atoms with E-state index in [-0.39, 0.29) is 0 Å². The Morgan fingerprint density at radius 1 is 0.647 bits per heavy atom. The van der Waals surface area contributed by atoms with Crippen LogP contribution in [0.1, 0.15) is 5.56 Å². The van der Waals surface area contributed by atoms with E-state index in [1.807, 2.05) is 30.0 Å². The Balaban J connectivity index is 1.44. The maximum Gasteiger partial charge on any atom is 0.0992 e. The van der Waals surface area contributed by atoms with Crippen molar-refractivity contribution in [2.45, 2.75) is 9.79 Å². The number of pyridine rings is 1. The Morgan fingerprint density at radius 3 is 2.03 bits per heavy atom. The number of nitrogens with zero attached hydrogens (tertiary/aromatic N) is 3. The zero-order valence-corrected chi connectivity index (χ0v) is 19.0. The van der Waals surface area contributed by atoms with E-state index in [0.29, 0.717) is 5.56 Å². The zero-order valence-electron chi connectivity index (χ0n) is 18.2. The minimum absolute atomic E-state index is 0.609. The first kappa shape index (κ1) is 20.3. The highest BCUT2D eigenvalue weighted by Gasteiger charge is 2.24. The van der Waals surface area contributed by atoms with E-state index < -0.39 is 0 Å². The minimum Gasteiger partial charge on any atom is -0.308 e. The van der Waals surface area contributed by atoms with E-state index in [9.17, 15) is 5.26 Å². The third kappa shape index (κ3) is 3.63. The van der Waals surface area contributed by atoms with E-state index in [1.165, 1.54) is 21.2 Å². The number of hydrogen-bond acceptors (Lipinski definition) is 4. The lowest BCUT2D eigenvalue weighted by Gasteiger charge is -2.33. The summed E-state index contributed by atoms with van der Waals surface area (Å²) in [5.74, 6) is 0. The first-order chi connectivity index (χ1) is 16.8. The lowest BCUT2D eigenvalue weighted by atomic mass is 10.00. The molecule has 160 valence electrons. The van der Waals surface area contributed by atoms with Crippen LogP contribution >= 0.6 is 11.8 Å². The van der Waals surface area contributed by atoms with E-state index in [1.54, 1.807) is 12.3 Å². The van der Waals surface area contributed by atoms with Gasteiger partial charge in [-0.05, 0) is 65.7 Å². The molecule has 0 N–H and O–H groups in total. The molecule has 5 aromatic rings. The van der Waals surface area contributed by atoms with Gasteiger partial charge in [0.1, 0.15) is 0 Å². The fourth-order valence-corrected chi connectivity index (χ4v) is 5.38. The molecule has 34 heavy (non-hydrogen) atoms. The Morgan fingerprint density at radius 2 is 1.29 bits per heavy atom. The summed E-state index contributed by atoms with van der Waals surface area (Å²) in [7, 11) is 0. The predicted octanol–water partition coefficient (Wildman–Crippen LogP) is 8.22. The van der Waals surface area contributed by atoms with E-state index in [4.69, 9.17) is 0 Å². The number of fused-ring (bicyclic) bond motifs is 2. The molecule has 3 nitrogen and oxygen atoms in total. The van der Waals surface area contributed by atoms with Crippen LogP contribution in [0.2, 0.25) is 0 Å². The van der Waals surface area contributed by atoms with Gasteiger partial charge in [0.25, 0.3) is 0 Å². The van der Waals surface area contributed by atoms with Crippen molar-refractivity contribution in [1.29, 1.82) is 5.26 Å². The van der Waals surface area contributed by atoms with Crippen molar-refractivity contribution in [2.24, 2.45) is 0 Å². The summed E-state index contributed by atoms with van der Waals surface area (Å²) < 4.78 is 0. The summed E-state index contributed by atoms with van der Waals surface area (Å²) in [6.07, 6.45) is 1.68. The molecule has 0 saturated heterocycles. The summed E-state index contributed by atoms with van der Waals surface area (Å²) in [4.78, 5) is 9.31. The molecule has 1 aliphatic heterocycles. The highest BCUT2D eigenvalue weighted by Crippen LogP contribution is 2.51. The van der Waals surface area contributed by atoms with Gasteiger partial charge in [-0.3, -0.25) is 4.98 Å². The molecule has 0 amide bonds. The van der Waals surface area contributed by atoms with Crippen molar-refractivity contribution in [3.8, 4) is 28.5 Å². The number of benzene rings is 4. The average Bonchev–Trinajstić information content (AvgIpc) is 2.92. The lowest BCUT2D eigenvalue weighted by molar-refractivity contribution is 1.17. The van der Waals surface area contributed by atoms with Crippen molar-refractivity contribution >= 4 is 28.8 Å². The summed E-state index contributed by atoms with van der Waals surface area (Å²) in [6.45, 7) is 0. The molecule has 0 atom stereocenters. The zero-order chi connectivity index (χ0) is 22.9. The second-order valence-corrected chi connectivity index (χ2v) is 9.13. The van der Waals surface area contributed by atoms with Crippen LogP contribution in [-0.4, -0.2) is 4.98 Å². The second-order valence-electron chi connectivity index (χ2n) is 8.05. The first-order valence-corrected chi connectivity index (χ1v) is 11.8. The molecule has 4 heteroatoms. The fraction of sp³-hybridized carbons (Fsp3) is 0. The Labute approximate surface area is 203 Å². The summed E-state index contributed by atoms with van der Waals surface area (Å²) in [6, 6.07) is 39.8. The first-order valence-electron chi connectivity index (χ1n) is 11.0. The second kappa shape index (κ2) is 8.55. The number of rotatable bonds is 3. The number of para-hydroxylation sites is 2. The topological polar surface area (TPSA) is 39.9 Å². The average molecular weight is 454 g/mol.